The number of hydrogen-bond donors (Lipinski definition) is 0. The Bertz CT molecular complexity index is 771. The van der Waals surface area contributed by atoms with Crippen molar-refractivity contribution in [2.24, 2.45) is 0 Å². The molecule has 0 radical (unpaired) electrons. The third kappa shape index (κ3) is 6.07. The van der Waals surface area contributed by atoms with Gasteiger partial charge in [-0.3, -0.25) is 9.69 Å². The lowest BCUT2D eigenvalue weighted by atomic mass is 9.94. The van der Waals surface area contributed by atoms with Crippen molar-refractivity contribution < 1.29 is 9.53 Å². The molecule has 1 unspecified atom stereocenters. The zero-order valence-electron chi connectivity index (χ0n) is 18.6. The van der Waals surface area contributed by atoms with Crippen molar-refractivity contribution >= 4 is 11.6 Å². The first-order valence-corrected chi connectivity index (χ1v) is 11.0. The van der Waals surface area contributed by atoms with E-state index in [2.05, 4.69) is 53.1 Å². The third-order valence-corrected chi connectivity index (χ3v) is 5.84. The van der Waals surface area contributed by atoms with Crippen LogP contribution in [0.4, 0.5) is 5.69 Å². The summed E-state index contributed by atoms with van der Waals surface area (Å²) in [6.07, 6.45) is 0.802. The minimum Gasteiger partial charge on any atom is -0.379 e. The Morgan fingerprint density at radius 1 is 1.03 bits per heavy atom. The average Bonchev–Trinajstić information content (AvgIpc) is 2.78. The molecule has 0 saturated carbocycles. The number of morpholine rings is 1. The monoisotopic (exact) mass is 409 g/mol. The molecule has 0 N–H and O–H groups in total. The maximum absolute atomic E-state index is 13.6. The highest BCUT2D eigenvalue weighted by atomic mass is 16.5. The summed E-state index contributed by atoms with van der Waals surface area (Å²) >= 11 is 0. The highest BCUT2D eigenvalue weighted by Crippen LogP contribution is 2.23. The molecule has 30 heavy (non-hydrogen) atoms. The molecule has 2 aromatic rings. The number of anilines is 1. The molecule has 1 aliphatic rings. The van der Waals surface area contributed by atoms with Gasteiger partial charge in [-0.25, -0.2) is 0 Å². The Labute approximate surface area is 181 Å². The van der Waals surface area contributed by atoms with E-state index in [9.17, 15) is 4.79 Å². The lowest BCUT2D eigenvalue weighted by Gasteiger charge is -2.32. The molecule has 5 nitrogen and oxygen atoms in total. The molecule has 1 atom stereocenters. The topological polar surface area (TPSA) is 36.0 Å². The standard InChI is InChI=1S/C25H35N3O2/c1-4-24(22-8-6-5-7-9-22)25(29)28(15-14-27-16-18-30-19-17-27)20-21-10-12-23(13-11-21)26(2)3/h5-13,24H,4,14-20H2,1-3H3. The fourth-order valence-corrected chi connectivity index (χ4v) is 3.93. The number of ether oxygens (including phenoxy) is 1. The van der Waals surface area contributed by atoms with Gasteiger partial charge >= 0.3 is 0 Å². The summed E-state index contributed by atoms with van der Waals surface area (Å²) in [6, 6.07) is 18.7. The Kier molecular flexibility index (Phi) is 8.29. The maximum atomic E-state index is 13.6. The molecule has 3 rings (SSSR count). The highest BCUT2D eigenvalue weighted by molar-refractivity contribution is 5.83. The van der Waals surface area contributed by atoms with E-state index in [0.717, 1.165) is 51.4 Å². The van der Waals surface area contributed by atoms with E-state index in [-0.39, 0.29) is 11.8 Å². The molecule has 2 aromatic carbocycles. The first kappa shape index (κ1) is 22.3. The van der Waals surface area contributed by atoms with E-state index < -0.39 is 0 Å². The van der Waals surface area contributed by atoms with E-state index in [1.165, 1.54) is 11.3 Å². The number of rotatable bonds is 9. The first-order chi connectivity index (χ1) is 14.6. The van der Waals surface area contributed by atoms with Crippen LogP contribution in [-0.2, 0) is 16.1 Å². The van der Waals surface area contributed by atoms with Gasteiger partial charge in [-0.05, 0) is 29.7 Å². The minimum absolute atomic E-state index is 0.100. The van der Waals surface area contributed by atoms with Crippen molar-refractivity contribution in [1.82, 2.24) is 9.80 Å². The number of benzene rings is 2. The number of hydrogen-bond acceptors (Lipinski definition) is 4. The molecule has 1 aliphatic heterocycles. The van der Waals surface area contributed by atoms with Crippen LogP contribution in [0.25, 0.3) is 0 Å². The number of carbonyl (C=O) groups is 1. The Morgan fingerprint density at radius 2 is 1.70 bits per heavy atom. The fraction of sp³-hybridized carbons (Fsp3) is 0.480. The first-order valence-electron chi connectivity index (χ1n) is 11.0. The van der Waals surface area contributed by atoms with Crippen LogP contribution in [0.2, 0.25) is 0 Å². The Hall–Kier alpha value is -2.37. The second-order valence-corrected chi connectivity index (χ2v) is 8.15. The van der Waals surface area contributed by atoms with Crippen LogP contribution in [0, 0.1) is 0 Å². The van der Waals surface area contributed by atoms with Crippen LogP contribution in [0.5, 0.6) is 0 Å². The molecule has 1 heterocycles. The van der Waals surface area contributed by atoms with Gasteiger partial charge in [0, 0.05) is 52.5 Å². The van der Waals surface area contributed by atoms with Gasteiger partial charge < -0.3 is 14.5 Å². The summed E-state index contributed by atoms with van der Waals surface area (Å²) in [5.74, 6) is 0.116. The lowest BCUT2D eigenvalue weighted by Crippen LogP contribution is -2.44. The predicted molar refractivity (Wildman–Crippen MR) is 123 cm³/mol. The van der Waals surface area contributed by atoms with Crippen molar-refractivity contribution in [3.05, 3.63) is 65.7 Å². The number of nitrogens with zero attached hydrogens (tertiary/aromatic N) is 3. The van der Waals surface area contributed by atoms with Crippen LogP contribution in [0.3, 0.4) is 0 Å². The summed E-state index contributed by atoms with van der Waals surface area (Å²) in [5, 5.41) is 0. The summed E-state index contributed by atoms with van der Waals surface area (Å²) in [6.45, 7) is 7.80. The molecular formula is C25H35N3O2. The third-order valence-electron chi connectivity index (χ3n) is 5.84. The molecule has 162 valence electrons. The van der Waals surface area contributed by atoms with Crippen molar-refractivity contribution in [3.63, 3.8) is 0 Å². The summed E-state index contributed by atoms with van der Waals surface area (Å²) < 4.78 is 5.47. The SMILES string of the molecule is CCC(C(=O)N(CCN1CCOCC1)Cc1ccc(N(C)C)cc1)c1ccccc1. The molecule has 1 saturated heterocycles. The smallest absolute Gasteiger partial charge is 0.230 e. The zero-order valence-corrected chi connectivity index (χ0v) is 18.6. The van der Waals surface area contributed by atoms with Gasteiger partial charge in [0.2, 0.25) is 5.91 Å². The molecule has 0 aliphatic carbocycles. The molecule has 5 heteroatoms. The summed E-state index contributed by atoms with van der Waals surface area (Å²) in [4.78, 5) is 20.1. The fourth-order valence-electron chi connectivity index (χ4n) is 3.93. The average molecular weight is 410 g/mol. The van der Waals surface area contributed by atoms with Gasteiger partial charge in [-0.15, -0.1) is 0 Å². The second kappa shape index (κ2) is 11.1. The Balaban J connectivity index is 1.75. The zero-order chi connectivity index (χ0) is 21.3. The summed E-state index contributed by atoms with van der Waals surface area (Å²) in [7, 11) is 4.08. The van der Waals surface area contributed by atoms with Gasteiger partial charge in [0.15, 0.2) is 0 Å². The van der Waals surface area contributed by atoms with Crippen molar-refractivity contribution in [2.75, 3.05) is 58.4 Å². The molecular weight excluding hydrogens is 374 g/mol. The number of amides is 1. The minimum atomic E-state index is -0.100. The van der Waals surface area contributed by atoms with Crippen molar-refractivity contribution in [1.29, 1.82) is 0 Å². The largest absolute Gasteiger partial charge is 0.379 e. The second-order valence-electron chi connectivity index (χ2n) is 8.15. The van der Waals surface area contributed by atoms with Gasteiger partial charge in [0.05, 0.1) is 19.1 Å². The maximum Gasteiger partial charge on any atom is 0.230 e. The van der Waals surface area contributed by atoms with Crippen molar-refractivity contribution in [3.8, 4) is 0 Å². The summed E-state index contributed by atoms with van der Waals surface area (Å²) in [5.41, 5.74) is 3.43. The van der Waals surface area contributed by atoms with E-state index in [0.29, 0.717) is 6.54 Å². The van der Waals surface area contributed by atoms with Crippen LogP contribution in [0.1, 0.15) is 30.4 Å². The van der Waals surface area contributed by atoms with Crippen LogP contribution < -0.4 is 4.90 Å². The van der Waals surface area contributed by atoms with Gasteiger partial charge in [0.1, 0.15) is 0 Å². The van der Waals surface area contributed by atoms with Crippen molar-refractivity contribution in [2.45, 2.75) is 25.8 Å². The van der Waals surface area contributed by atoms with Gasteiger partial charge in [0.25, 0.3) is 0 Å². The molecule has 1 amide bonds. The van der Waals surface area contributed by atoms with E-state index in [4.69, 9.17) is 4.74 Å². The van der Waals surface area contributed by atoms with E-state index in [1.54, 1.807) is 0 Å². The molecule has 1 fully saturated rings. The number of carbonyl (C=O) groups excluding carboxylic acids is 1. The van der Waals surface area contributed by atoms with Gasteiger partial charge in [-0.2, -0.15) is 0 Å². The van der Waals surface area contributed by atoms with Crippen LogP contribution in [0.15, 0.2) is 54.6 Å². The molecule has 0 bridgehead atoms. The molecule has 0 spiro atoms. The molecule has 0 aromatic heterocycles. The quantitative estimate of drug-likeness (QED) is 0.634. The van der Waals surface area contributed by atoms with Crippen LogP contribution >= 0.6 is 0 Å². The van der Waals surface area contributed by atoms with E-state index in [1.807, 2.05) is 37.2 Å². The van der Waals surface area contributed by atoms with Gasteiger partial charge in [-0.1, -0.05) is 49.4 Å². The lowest BCUT2D eigenvalue weighted by molar-refractivity contribution is -0.134. The van der Waals surface area contributed by atoms with Crippen LogP contribution in [-0.4, -0.2) is 69.2 Å². The van der Waals surface area contributed by atoms with E-state index >= 15 is 0 Å². The highest BCUT2D eigenvalue weighted by Gasteiger charge is 2.25. The predicted octanol–water partition coefficient (Wildman–Crippen LogP) is 3.61. The Morgan fingerprint density at radius 3 is 2.30 bits per heavy atom. The normalized spacial score (nSPS) is 15.6.